The van der Waals surface area contributed by atoms with Gasteiger partial charge < -0.3 is 9.32 Å². The van der Waals surface area contributed by atoms with Crippen molar-refractivity contribution in [2.75, 3.05) is 26.7 Å². The summed E-state index contributed by atoms with van der Waals surface area (Å²) in [5.74, 6) is 1.11. The summed E-state index contributed by atoms with van der Waals surface area (Å²) in [4.78, 5) is 15.9. The lowest BCUT2D eigenvalue weighted by molar-refractivity contribution is -0.132. The molecule has 6 nitrogen and oxygen atoms in total. The van der Waals surface area contributed by atoms with E-state index in [4.69, 9.17) is 4.42 Å². The molecule has 0 spiro atoms. The zero-order valence-electron chi connectivity index (χ0n) is 14.2. The SMILES string of the molecule is CCN(CC)C(=O)CN(C)C(C)c1nnc(-c2ccccc2)o1. The minimum atomic E-state index is -0.125. The van der Waals surface area contributed by atoms with Crippen LogP contribution in [0.25, 0.3) is 11.5 Å². The summed E-state index contributed by atoms with van der Waals surface area (Å²) in [5, 5.41) is 8.22. The van der Waals surface area contributed by atoms with Crippen molar-refractivity contribution in [1.82, 2.24) is 20.0 Å². The quantitative estimate of drug-likeness (QED) is 0.785. The van der Waals surface area contributed by atoms with E-state index in [1.807, 2.05) is 68.0 Å². The molecule has 0 saturated heterocycles. The monoisotopic (exact) mass is 316 g/mol. The summed E-state index contributed by atoms with van der Waals surface area (Å²) >= 11 is 0. The molecular weight excluding hydrogens is 292 g/mol. The highest BCUT2D eigenvalue weighted by Crippen LogP contribution is 2.22. The van der Waals surface area contributed by atoms with E-state index in [1.165, 1.54) is 0 Å². The molecule has 1 heterocycles. The van der Waals surface area contributed by atoms with Crippen molar-refractivity contribution in [2.24, 2.45) is 0 Å². The Morgan fingerprint density at radius 1 is 1.17 bits per heavy atom. The topological polar surface area (TPSA) is 62.5 Å². The first-order chi connectivity index (χ1) is 11.1. The summed E-state index contributed by atoms with van der Waals surface area (Å²) in [5.41, 5.74) is 0.889. The van der Waals surface area contributed by atoms with Gasteiger partial charge in [-0.15, -0.1) is 10.2 Å². The number of aromatic nitrogens is 2. The molecule has 1 aromatic heterocycles. The molecule has 0 aliphatic heterocycles. The van der Waals surface area contributed by atoms with Crippen LogP contribution in [0, 0.1) is 0 Å². The van der Waals surface area contributed by atoms with Crippen LogP contribution in [0.1, 0.15) is 32.7 Å². The Bertz CT molecular complexity index is 623. The minimum Gasteiger partial charge on any atom is -0.419 e. The third-order valence-electron chi connectivity index (χ3n) is 3.98. The van der Waals surface area contributed by atoms with Gasteiger partial charge in [0.25, 0.3) is 0 Å². The molecule has 23 heavy (non-hydrogen) atoms. The highest BCUT2D eigenvalue weighted by Gasteiger charge is 2.22. The van der Waals surface area contributed by atoms with E-state index in [1.54, 1.807) is 0 Å². The zero-order valence-corrected chi connectivity index (χ0v) is 14.2. The van der Waals surface area contributed by atoms with Gasteiger partial charge in [-0.3, -0.25) is 9.69 Å². The smallest absolute Gasteiger partial charge is 0.247 e. The first-order valence-corrected chi connectivity index (χ1v) is 7.93. The summed E-state index contributed by atoms with van der Waals surface area (Å²) in [6.07, 6.45) is 0. The number of hydrogen-bond acceptors (Lipinski definition) is 5. The Labute approximate surface area is 137 Å². The van der Waals surface area contributed by atoms with Crippen LogP contribution in [0.2, 0.25) is 0 Å². The van der Waals surface area contributed by atoms with Crippen LogP contribution in [0.4, 0.5) is 0 Å². The lowest BCUT2D eigenvalue weighted by atomic mass is 10.2. The molecule has 0 bridgehead atoms. The molecule has 6 heteroatoms. The van der Waals surface area contributed by atoms with E-state index < -0.39 is 0 Å². The van der Waals surface area contributed by atoms with Gasteiger partial charge >= 0.3 is 0 Å². The Kier molecular flexibility index (Phi) is 5.87. The molecule has 0 N–H and O–H groups in total. The standard InChI is InChI=1S/C17H24N4O2/c1-5-21(6-2)15(22)12-20(4)13(3)16-18-19-17(23-16)14-10-8-7-9-11-14/h7-11,13H,5-6,12H2,1-4H3. The van der Waals surface area contributed by atoms with Gasteiger partial charge in [0, 0.05) is 18.7 Å². The molecule has 1 aromatic carbocycles. The van der Waals surface area contributed by atoms with E-state index >= 15 is 0 Å². The van der Waals surface area contributed by atoms with Gasteiger partial charge in [-0.25, -0.2) is 0 Å². The Hall–Kier alpha value is -2.21. The zero-order chi connectivity index (χ0) is 16.8. The number of benzene rings is 1. The van der Waals surface area contributed by atoms with Crippen molar-refractivity contribution in [3.8, 4) is 11.5 Å². The van der Waals surface area contributed by atoms with E-state index in [0.717, 1.165) is 18.7 Å². The van der Waals surface area contributed by atoms with Crippen LogP contribution < -0.4 is 0 Å². The number of likely N-dealkylation sites (N-methyl/N-ethyl adjacent to an activating group) is 2. The summed E-state index contributed by atoms with van der Waals surface area (Å²) < 4.78 is 5.76. The Morgan fingerprint density at radius 2 is 1.83 bits per heavy atom. The maximum absolute atomic E-state index is 12.2. The molecular formula is C17H24N4O2. The second-order valence-corrected chi connectivity index (χ2v) is 5.47. The highest BCUT2D eigenvalue weighted by molar-refractivity contribution is 5.78. The fourth-order valence-corrected chi connectivity index (χ4v) is 2.32. The van der Waals surface area contributed by atoms with Crippen molar-refractivity contribution in [2.45, 2.75) is 26.8 Å². The maximum atomic E-state index is 12.2. The maximum Gasteiger partial charge on any atom is 0.247 e. The van der Waals surface area contributed by atoms with Crippen molar-refractivity contribution in [1.29, 1.82) is 0 Å². The molecule has 124 valence electrons. The molecule has 2 rings (SSSR count). The van der Waals surface area contributed by atoms with Gasteiger partial charge in [-0.1, -0.05) is 18.2 Å². The molecule has 0 fully saturated rings. The molecule has 1 amide bonds. The molecule has 2 aromatic rings. The molecule has 0 saturated carbocycles. The van der Waals surface area contributed by atoms with Gasteiger partial charge in [0.2, 0.25) is 17.7 Å². The van der Waals surface area contributed by atoms with Crippen molar-refractivity contribution in [3.05, 3.63) is 36.2 Å². The van der Waals surface area contributed by atoms with Gasteiger partial charge in [0.1, 0.15) is 0 Å². The van der Waals surface area contributed by atoms with E-state index in [2.05, 4.69) is 10.2 Å². The molecule has 0 aliphatic rings. The number of carbonyl (C=O) groups excluding carboxylic acids is 1. The fourth-order valence-electron chi connectivity index (χ4n) is 2.32. The normalized spacial score (nSPS) is 12.4. The second-order valence-electron chi connectivity index (χ2n) is 5.47. The van der Waals surface area contributed by atoms with Crippen LogP contribution in [0.3, 0.4) is 0 Å². The van der Waals surface area contributed by atoms with Crippen molar-refractivity contribution < 1.29 is 9.21 Å². The second kappa shape index (κ2) is 7.87. The first-order valence-electron chi connectivity index (χ1n) is 7.93. The summed E-state index contributed by atoms with van der Waals surface area (Å²) in [7, 11) is 1.89. The van der Waals surface area contributed by atoms with Crippen molar-refractivity contribution >= 4 is 5.91 Å². The lowest BCUT2D eigenvalue weighted by Crippen LogP contribution is -2.39. The third-order valence-corrected chi connectivity index (χ3v) is 3.98. The highest BCUT2D eigenvalue weighted by atomic mass is 16.4. The number of carbonyl (C=O) groups is 1. The van der Waals surface area contributed by atoms with Crippen LogP contribution in [-0.4, -0.2) is 52.6 Å². The Balaban J connectivity index is 2.04. The fraction of sp³-hybridized carbons (Fsp3) is 0.471. The lowest BCUT2D eigenvalue weighted by Gasteiger charge is -2.25. The van der Waals surface area contributed by atoms with Crippen LogP contribution in [-0.2, 0) is 4.79 Å². The van der Waals surface area contributed by atoms with Crippen molar-refractivity contribution in [3.63, 3.8) is 0 Å². The van der Waals surface area contributed by atoms with Crippen LogP contribution in [0.5, 0.6) is 0 Å². The number of hydrogen-bond donors (Lipinski definition) is 0. The minimum absolute atomic E-state index is 0.104. The number of nitrogens with zero attached hydrogens (tertiary/aromatic N) is 4. The molecule has 0 aliphatic carbocycles. The van der Waals surface area contributed by atoms with Crippen LogP contribution >= 0.6 is 0 Å². The summed E-state index contributed by atoms with van der Waals surface area (Å²) in [6.45, 7) is 7.68. The third kappa shape index (κ3) is 4.16. The largest absolute Gasteiger partial charge is 0.419 e. The van der Waals surface area contributed by atoms with Crippen LogP contribution in [0.15, 0.2) is 34.7 Å². The van der Waals surface area contributed by atoms with Gasteiger partial charge in [-0.05, 0) is 40.0 Å². The van der Waals surface area contributed by atoms with E-state index in [-0.39, 0.29) is 11.9 Å². The predicted octanol–water partition coefficient (Wildman–Crippen LogP) is 2.60. The number of amides is 1. The first kappa shape index (κ1) is 17.1. The summed E-state index contributed by atoms with van der Waals surface area (Å²) in [6, 6.07) is 9.52. The average molecular weight is 316 g/mol. The van der Waals surface area contributed by atoms with Gasteiger partial charge in [0.15, 0.2) is 0 Å². The van der Waals surface area contributed by atoms with Gasteiger partial charge in [-0.2, -0.15) is 0 Å². The van der Waals surface area contributed by atoms with Gasteiger partial charge in [0.05, 0.1) is 12.6 Å². The Morgan fingerprint density at radius 3 is 2.43 bits per heavy atom. The average Bonchev–Trinajstić information content (AvgIpc) is 3.06. The molecule has 0 radical (unpaired) electrons. The predicted molar refractivity (Wildman–Crippen MR) is 88.7 cm³/mol. The molecule has 1 atom stereocenters. The van der Waals surface area contributed by atoms with E-state index in [0.29, 0.717) is 18.3 Å². The number of rotatable bonds is 7. The molecule has 1 unspecified atom stereocenters. The van der Waals surface area contributed by atoms with E-state index in [9.17, 15) is 4.79 Å².